The zero-order valence-electron chi connectivity index (χ0n) is 14.0. The first-order valence-corrected chi connectivity index (χ1v) is 9.00. The summed E-state index contributed by atoms with van der Waals surface area (Å²) in [4.78, 5) is 13.7. The predicted octanol–water partition coefficient (Wildman–Crippen LogP) is 4.62. The largest absolute Gasteiger partial charge is 0.479 e. The summed E-state index contributed by atoms with van der Waals surface area (Å²) in [7, 11) is 0. The minimum atomic E-state index is -0.504. The Morgan fingerprint density at radius 3 is 2.40 bits per heavy atom. The van der Waals surface area contributed by atoms with Gasteiger partial charge in [0, 0.05) is 16.0 Å². The molecular weight excluding hydrogens is 336 g/mol. The number of ether oxygens (including phenoxy) is 1. The number of hydrogen-bond donors (Lipinski definition) is 1. The highest BCUT2D eigenvalue weighted by atomic mass is 32.2. The molecule has 0 atom stereocenters. The molecule has 0 aliphatic rings. The summed E-state index contributed by atoms with van der Waals surface area (Å²) >= 11 is 1.63. The Morgan fingerprint density at radius 2 is 1.76 bits per heavy atom. The van der Waals surface area contributed by atoms with Gasteiger partial charge in [0.05, 0.1) is 0 Å². The summed E-state index contributed by atoms with van der Waals surface area (Å²) < 4.78 is 11.0. The van der Waals surface area contributed by atoms with E-state index in [1.54, 1.807) is 18.7 Å². The van der Waals surface area contributed by atoms with E-state index in [-0.39, 0.29) is 17.8 Å². The van der Waals surface area contributed by atoms with Gasteiger partial charge in [0.2, 0.25) is 11.2 Å². The first-order valence-electron chi connectivity index (χ1n) is 7.78. The van der Waals surface area contributed by atoms with Gasteiger partial charge in [0.15, 0.2) is 0 Å². The van der Waals surface area contributed by atoms with Crippen LogP contribution in [0.15, 0.2) is 68.7 Å². The Bertz CT molecular complexity index is 915. The van der Waals surface area contributed by atoms with Crippen molar-refractivity contribution in [2.24, 2.45) is 0 Å². The summed E-state index contributed by atoms with van der Waals surface area (Å²) in [6, 6.07) is 17.0. The van der Waals surface area contributed by atoms with Gasteiger partial charge in [-0.1, -0.05) is 42.5 Å². The smallest absolute Gasteiger partial charge is 0.330 e. The molecule has 0 bridgehead atoms. The fraction of sp³-hybridized carbons (Fsp3) is 0.150. The van der Waals surface area contributed by atoms with E-state index >= 15 is 0 Å². The molecule has 0 radical (unpaired) electrons. The van der Waals surface area contributed by atoms with E-state index in [2.05, 4.69) is 0 Å². The van der Waals surface area contributed by atoms with E-state index in [0.29, 0.717) is 11.3 Å². The molecular formula is C20H18O4S. The van der Waals surface area contributed by atoms with E-state index in [9.17, 15) is 9.90 Å². The van der Waals surface area contributed by atoms with Crippen molar-refractivity contribution < 1.29 is 14.3 Å². The van der Waals surface area contributed by atoms with Crippen LogP contribution < -0.4 is 10.2 Å². The lowest BCUT2D eigenvalue weighted by molar-refractivity contribution is 0.245. The lowest BCUT2D eigenvalue weighted by Gasteiger charge is -2.11. The minimum Gasteiger partial charge on any atom is -0.479 e. The summed E-state index contributed by atoms with van der Waals surface area (Å²) in [6.45, 7) is 1.85. The molecule has 3 rings (SSSR count). The van der Waals surface area contributed by atoms with Crippen LogP contribution >= 0.6 is 11.8 Å². The monoisotopic (exact) mass is 354 g/mol. The van der Waals surface area contributed by atoms with Crippen molar-refractivity contribution in [3.05, 3.63) is 75.9 Å². The van der Waals surface area contributed by atoms with Crippen LogP contribution in [0, 0.1) is 6.92 Å². The summed E-state index contributed by atoms with van der Waals surface area (Å²) in [6.07, 6.45) is 1.99. The number of rotatable bonds is 5. The zero-order chi connectivity index (χ0) is 17.8. The molecule has 0 spiro atoms. The van der Waals surface area contributed by atoms with E-state index in [1.165, 1.54) is 0 Å². The highest BCUT2D eigenvalue weighted by Crippen LogP contribution is 2.32. The summed E-state index contributed by atoms with van der Waals surface area (Å²) in [5.41, 5.74) is 1.66. The molecule has 4 nitrogen and oxygen atoms in total. The Balaban J connectivity index is 1.92. The van der Waals surface area contributed by atoms with Crippen molar-refractivity contribution in [3.8, 4) is 23.0 Å². The molecule has 128 valence electrons. The van der Waals surface area contributed by atoms with Crippen molar-refractivity contribution in [2.45, 2.75) is 18.4 Å². The van der Waals surface area contributed by atoms with Gasteiger partial charge in [-0.2, -0.15) is 0 Å². The van der Waals surface area contributed by atoms with Crippen molar-refractivity contribution in [1.29, 1.82) is 0 Å². The van der Waals surface area contributed by atoms with Crippen LogP contribution in [-0.2, 0) is 6.61 Å². The van der Waals surface area contributed by atoms with Gasteiger partial charge < -0.3 is 14.3 Å². The van der Waals surface area contributed by atoms with Crippen LogP contribution in [0.1, 0.15) is 11.1 Å². The van der Waals surface area contributed by atoms with E-state index < -0.39 is 5.95 Å². The van der Waals surface area contributed by atoms with E-state index in [4.69, 9.17) is 9.15 Å². The Labute approximate surface area is 150 Å². The Morgan fingerprint density at radius 1 is 1.08 bits per heavy atom. The normalized spacial score (nSPS) is 10.6. The third-order valence-corrected chi connectivity index (χ3v) is 4.60. The molecule has 0 aliphatic carbocycles. The number of hydrogen-bond acceptors (Lipinski definition) is 5. The standard InChI is InChI=1S/C20H18O4S/c1-13-17(21)19(23-12-14-6-4-3-5-7-14)20(22)24-18(13)15-8-10-16(25-2)11-9-15/h3-11,22H,12H2,1-2H3. The molecule has 0 saturated carbocycles. The van der Waals surface area contributed by atoms with Crippen LogP contribution in [0.25, 0.3) is 11.3 Å². The Hall–Kier alpha value is -2.66. The number of benzene rings is 2. The molecule has 2 aromatic carbocycles. The van der Waals surface area contributed by atoms with Crippen LogP contribution in [0.4, 0.5) is 0 Å². The molecule has 5 heteroatoms. The van der Waals surface area contributed by atoms with E-state index in [1.807, 2.05) is 60.9 Å². The quantitative estimate of drug-likeness (QED) is 0.677. The highest BCUT2D eigenvalue weighted by molar-refractivity contribution is 7.98. The molecule has 1 aromatic heterocycles. The molecule has 0 unspecified atom stereocenters. The van der Waals surface area contributed by atoms with Gasteiger partial charge >= 0.3 is 5.95 Å². The fourth-order valence-corrected chi connectivity index (χ4v) is 2.87. The fourth-order valence-electron chi connectivity index (χ4n) is 2.46. The van der Waals surface area contributed by atoms with Crippen molar-refractivity contribution in [2.75, 3.05) is 6.26 Å². The zero-order valence-corrected chi connectivity index (χ0v) is 14.8. The first-order chi connectivity index (χ1) is 12.1. The van der Waals surface area contributed by atoms with Crippen LogP contribution in [0.2, 0.25) is 0 Å². The number of thioether (sulfide) groups is 1. The van der Waals surface area contributed by atoms with E-state index in [0.717, 1.165) is 16.0 Å². The lowest BCUT2D eigenvalue weighted by Crippen LogP contribution is -2.12. The van der Waals surface area contributed by atoms with Gasteiger partial charge in [-0.15, -0.1) is 11.8 Å². The third kappa shape index (κ3) is 3.72. The van der Waals surface area contributed by atoms with Gasteiger partial charge in [-0.05, 0) is 30.9 Å². The van der Waals surface area contributed by atoms with Crippen LogP contribution in [0.3, 0.4) is 0 Å². The molecule has 25 heavy (non-hydrogen) atoms. The molecule has 3 aromatic rings. The molecule has 0 fully saturated rings. The average molecular weight is 354 g/mol. The molecule has 0 amide bonds. The maximum atomic E-state index is 12.6. The molecule has 0 saturated heterocycles. The third-order valence-electron chi connectivity index (χ3n) is 3.86. The van der Waals surface area contributed by atoms with Gasteiger partial charge in [-0.3, -0.25) is 4.79 Å². The van der Waals surface area contributed by atoms with Crippen LogP contribution in [0.5, 0.6) is 11.7 Å². The minimum absolute atomic E-state index is 0.161. The van der Waals surface area contributed by atoms with Gasteiger partial charge in [0.25, 0.3) is 0 Å². The first kappa shape index (κ1) is 17.2. The average Bonchev–Trinajstić information content (AvgIpc) is 2.65. The molecule has 0 aliphatic heterocycles. The van der Waals surface area contributed by atoms with Crippen molar-refractivity contribution in [1.82, 2.24) is 0 Å². The second kappa shape index (κ2) is 7.49. The second-order valence-corrected chi connectivity index (χ2v) is 6.40. The van der Waals surface area contributed by atoms with Crippen LogP contribution in [-0.4, -0.2) is 11.4 Å². The molecule has 1 heterocycles. The summed E-state index contributed by atoms with van der Waals surface area (Å²) in [5, 5.41) is 10.1. The number of aromatic hydroxyl groups is 1. The maximum absolute atomic E-state index is 12.6. The van der Waals surface area contributed by atoms with Gasteiger partial charge in [-0.25, -0.2) is 0 Å². The van der Waals surface area contributed by atoms with Gasteiger partial charge in [0.1, 0.15) is 12.4 Å². The highest BCUT2D eigenvalue weighted by Gasteiger charge is 2.19. The SMILES string of the molecule is CSc1ccc(-c2oc(O)c(OCc3ccccc3)c(=O)c2C)cc1. The molecule has 1 N–H and O–H groups in total. The topological polar surface area (TPSA) is 59.7 Å². The predicted molar refractivity (Wildman–Crippen MR) is 99.4 cm³/mol. The second-order valence-electron chi connectivity index (χ2n) is 5.52. The maximum Gasteiger partial charge on any atom is 0.330 e. The van der Waals surface area contributed by atoms with Crippen molar-refractivity contribution >= 4 is 11.8 Å². The summed E-state index contributed by atoms with van der Waals surface area (Å²) in [5.74, 6) is -0.316. The van der Waals surface area contributed by atoms with Crippen molar-refractivity contribution in [3.63, 3.8) is 0 Å². The lowest BCUT2D eigenvalue weighted by atomic mass is 10.1. The Kier molecular flexibility index (Phi) is 5.14.